The van der Waals surface area contributed by atoms with Crippen LogP contribution in [0, 0.1) is 6.92 Å². The van der Waals surface area contributed by atoms with Crippen LogP contribution >= 0.6 is 0 Å². The molecule has 0 saturated heterocycles. The number of hydrogen-bond donors (Lipinski definition) is 0. The van der Waals surface area contributed by atoms with Gasteiger partial charge < -0.3 is 9.30 Å². The largest absolute Gasteiger partial charge is 0.493 e. The third-order valence-corrected chi connectivity index (χ3v) is 2.41. The van der Waals surface area contributed by atoms with Crippen LogP contribution in [0.25, 0.3) is 12.0 Å². The molecule has 0 unspecified atom stereocenters. The average Bonchev–Trinajstić information content (AvgIpc) is 2.54. The molecule has 0 aromatic carbocycles. The van der Waals surface area contributed by atoms with Gasteiger partial charge >= 0.3 is 0 Å². The standard InChI is InChI=1S/C12H18N2O/c1-7-14-9(4)11(8(2)3)13-12(14)10(5)15-6/h7-8H,1,5H2,2-4,6H3. The van der Waals surface area contributed by atoms with Gasteiger partial charge in [0.1, 0.15) is 0 Å². The van der Waals surface area contributed by atoms with Crippen molar-refractivity contribution < 1.29 is 4.74 Å². The van der Waals surface area contributed by atoms with Crippen molar-refractivity contribution in [1.29, 1.82) is 0 Å². The number of rotatable bonds is 4. The van der Waals surface area contributed by atoms with Crippen molar-refractivity contribution in [3.8, 4) is 0 Å². The molecule has 0 saturated carbocycles. The molecule has 0 amide bonds. The summed E-state index contributed by atoms with van der Waals surface area (Å²) in [7, 11) is 1.59. The highest BCUT2D eigenvalue weighted by molar-refractivity contribution is 5.55. The zero-order valence-electron chi connectivity index (χ0n) is 9.87. The van der Waals surface area contributed by atoms with Gasteiger partial charge in [-0.3, -0.25) is 0 Å². The Labute approximate surface area is 91.1 Å². The first-order valence-corrected chi connectivity index (χ1v) is 4.97. The fourth-order valence-corrected chi connectivity index (χ4v) is 1.59. The molecule has 82 valence electrons. The zero-order chi connectivity index (χ0) is 11.6. The monoisotopic (exact) mass is 206 g/mol. The number of hydrogen-bond acceptors (Lipinski definition) is 2. The molecular formula is C12H18N2O. The van der Waals surface area contributed by atoms with Gasteiger partial charge in [0, 0.05) is 11.9 Å². The van der Waals surface area contributed by atoms with E-state index in [1.54, 1.807) is 13.3 Å². The zero-order valence-corrected chi connectivity index (χ0v) is 9.87. The molecule has 1 aromatic rings. The van der Waals surface area contributed by atoms with Crippen molar-refractivity contribution in [3.05, 3.63) is 30.4 Å². The summed E-state index contributed by atoms with van der Waals surface area (Å²) in [5.41, 5.74) is 2.15. The van der Waals surface area contributed by atoms with E-state index in [1.807, 2.05) is 11.5 Å². The Morgan fingerprint density at radius 1 is 1.53 bits per heavy atom. The highest BCUT2D eigenvalue weighted by atomic mass is 16.5. The molecule has 0 aliphatic carbocycles. The lowest BCUT2D eigenvalue weighted by molar-refractivity contribution is 0.367. The van der Waals surface area contributed by atoms with E-state index in [2.05, 4.69) is 32.0 Å². The van der Waals surface area contributed by atoms with E-state index in [4.69, 9.17) is 4.74 Å². The van der Waals surface area contributed by atoms with Gasteiger partial charge in [-0.25, -0.2) is 4.98 Å². The molecule has 0 atom stereocenters. The first-order chi connectivity index (χ1) is 7.02. The van der Waals surface area contributed by atoms with Crippen LogP contribution in [0.15, 0.2) is 13.2 Å². The Balaban J connectivity index is 3.34. The molecule has 0 N–H and O–H groups in total. The van der Waals surface area contributed by atoms with Gasteiger partial charge in [0.15, 0.2) is 11.6 Å². The Kier molecular flexibility index (Phi) is 3.35. The summed E-state index contributed by atoms with van der Waals surface area (Å²) >= 11 is 0. The molecule has 0 bridgehead atoms. The van der Waals surface area contributed by atoms with Gasteiger partial charge in [-0.2, -0.15) is 0 Å². The van der Waals surface area contributed by atoms with Crippen LogP contribution in [-0.2, 0) is 4.74 Å². The van der Waals surface area contributed by atoms with Crippen LogP contribution < -0.4 is 0 Å². The average molecular weight is 206 g/mol. The summed E-state index contributed by atoms with van der Waals surface area (Å²) in [6.45, 7) is 13.8. The lowest BCUT2D eigenvalue weighted by atomic mass is 10.1. The van der Waals surface area contributed by atoms with Crippen molar-refractivity contribution in [2.75, 3.05) is 7.11 Å². The summed E-state index contributed by atoms with van der Waals surface area (Å²) in [5.74, 6) is 1.67. The smallest absolute Gasteiger partial charge is 0.179 e. The molecule has 3 nitrogen and oxygen atoms in total. The number of methoxy groups -OCH3 is 1. The summed E-state index contributed by atoms with van der Waals surface area (Å²) in [6, 6.07) is 0. The lowest BCUT2D eigenvalue weighted by Crippen LogP contribution is -1.97. The second kappa shape index (κ2) is 4.34. The maximum absolute atomic E-state index is 5.10. The van der Waals surface area contributed by atoms with E-state index in [1.165, 1.54) is 0 Å². The highest BCUT2D eigenvalue weighted by Gasteiger charge is 2.16. The lowest BCUT2D eigenvalue weighted by Gasteiger charge is -2.05. The SMILES string of the molecule is C=Cn1c(C(=C)OC)nc(C(C)C)c1C. The first-order valence-electron chi connectivity index (χ1n) is 4.97. The molecule has 0 aliphatic rings. The second-order valence-corrected chi connectivity index (χ2v) is 3.74. The van der Waals surface area contributed by atoms with Crippen molar-refractivity contribution in [2.24, 2.45) is 0 Å². The minimum absolute atomic E-state index is 0.384. The van der Waals surface area contributed by atoms with E-state index in [-0.39, 0.29) is 0 Å². The van der Waals surface area contributed by atoms with Crippen molar-refractivity contribution in [3.63, 3.8) is 0 Å². The molecule has 3 heteroatoms. The number of imidazole rings is 1. The maximum Gasteiger partial charge on any atom is 0.179 e. The van der Waals surface area contributed by atoms with Gasteiger partial charge in [0.2, 0.25) is 0 Å². The Morgan fingerprint density at radius 3 is 2.53 bits per heavy atom. The van der Waals surface area contributed by atoms with E-state index in [0.717, 1.165) is 17.2 Å². The molecular weight excluding hydrogens is 188 g/mol. The third kappa shape index (κ3) is 1.96. The van der Waals surface area contributed by atoms with Crippen LogP contribution in [0.2, 0.25) is 0 Å². The van der Waals surface area contributed by atoms with E-state index in [0.29, 0.717) is 11.7 Å². The van der Waals surface area contributed by atoms with Gasteiger partial charge in [0.05, 0.1) is 12.8 Å². The topological polar surface area (TPSA) is 27.1 Å². The molecule has 1 heterocycles. The first kappa shape index (κ1) is 11.6. The predicted molar refractivity (Wildman–Crippen MR) is 63.5 cm³/mol. The summed E-state index contributed by atoms with van der Waals surface area (Å²) in [6.07, 6.45) is 1.73. The van der Waals surface area contributed by atoms with Crippen LogP contribution in [0.4, 0.5) is 0 Å². The normalized spacial score (nSPS) is 10.5. The van der Waals surface area contributed by atoms with Crippen molar-refractivity contribution >= 4 is 12.0 Å². The van der Waals surface area contributed by atoms with Crippen LogP contribution in [0.1, 0.15) is 37.0 Å². The molecule has 0 fully saturated rings. The number of ether oxygens (including phenoxy) is 1. The molecule has 0 aliphatic heterocycles. The van der Waals surface area contributed by atoms with Gasteiger partial charge in [-0.15, -0.1) is 0 Å². The van der Waals surface area contributed by atoms with E-state index in [9.17, 15) is 0 Å². The van der Waals surface area contributed by atoms with Crippen LogP contribution in [0.3, 0.4) is 0 Å². The fraction of sp³-hybridized carbons (Fsp3) is 0.417. The van der Waals surface area contributed by atoms with E-state index < -0.39 is 0 Å². The van der Waals surface area contributed by atoms with Gasteiger partial charge in [-0.05, 0) is 12.8 Å². The minimum Gasteiger partial charge on any atom is -0.493 e. The fourth-order valence-electron chi connectivity index (χ4n) is 1.59. The second-order valence-electron chi connectivity index (χ2n) is 3.74. The summed E-state index contributed by atoms with van der Waals surface area (Å²) in [5, 5.41) is 0. The molecule has 1 aromatic heterocycles. The summed E-state index contributed by atoms with van der Waals surface area (Å²) in [4.78, 5) is 4.52. The van der Waals surface area contributed by atoms with Crippen molar-refractivity contribution in [2.45, 2.75) is 26.7 Å². The van der Waals surface area contributed by atoms with Gasteiger partial charge in [0.25, 0.3) is 0 Å². The molecule has 15 heavy (non-hydrogen) atoms. The summed E-state index contributed by atoms with van der Waals surface area (Å²) < 4.78 is 7.01. The Morgan fingerprint density at radius 2 is 2.13 bits per heavy atom. The molecule has 1 rings (SSSR count). The van der Waals surface area contributed by atoms with Crippen LogP contribution in [0.5, 0.6) is 0 Å². The minimum atomic E-state index is 0.384. The Bertz CT molecular complexity index is 389. The third-order valence-electron chi connectivity index (χ3n) is 2.41. The molecule has 0 spiro atoms. The Hall–Kier alpha value is -1.51. The quantitative estimate of drug-likeness (QED) is 0.708. The predicted octanol–water partition coefficient (Wildman–Crippen LogP) is 3.03. The maximum atomic E-state index is 5.10. The number of aromatic nitrogens is 2. The van der Waals surface area contributed by atoms with E-state index >= 15 is 0 Å². The number of nitrogens with zero attached hydrogens (tertiary/aromatic N) is 2. The van der Waals surface area contributed by atoms with Crippen LogP contribution in [-0.4, -0.2) is 16.7 Å². The molecule has 0 radical (unpaired) electrons. The van der Waals surface area contributed by atoms with Crippen molar-refractivity contribution in [1.82, 2.24) is 9.55 Å². The highest BCUT2D eigenvalue weighted by Crippen LogP contribution is 2.23. The van der Waals surface area contributed by atoms with Gasteiger partial charge in [-0.1, -0.05) is 27.0 Å².